The van der Waals surface area contributed by atoms with Gasteiger partial charge in [0.25, 0.3) is 0 Å². The fourth-order valence-electron chi connectivity index (χ4n) is 3.92. The largest absolute Gasteiger partial charge is 0.335 e. The normalized spacial score (nSPS) is 13.3. The number of rotatable bonds is 4. The summed E-state index contributed by atoms with van der Waals surface area (Å²) in [6, 6.07) is 14.5. The van der Waals surface area contributed by atoms with Crippen LogP contribution in [-0.2, 0) is 24.3 Å². The number of fused-ring (bicyclic) bond motifs is 1. The molecule has 1 amide bonds. The summed E-state index contributed by atoms with van der Waals surface area (Å²) in [6.45, 7) is 5.02. The van der Waals surface area contributed by atoms with Gasteiger partial charge >= 0.3 is 0 Å². The van der Waals surface area contributed by atoms with E-state index in [0.717, 1.165) is 33.1 Å². The minimum absolute atomic E-state index is 0.00868. The molecular formula is C24H22FN5OS. The highest BCUT2D eigenvalue weighted by molar-refractivity contribution is 7.11. The van der Waals surface area contributed by atoms with Crippen LogP contribution in [-0.4, -0.2) is 37.1 Å². The number of amides is 1. The third-order valence-electron chi connectivity index (χ3n) is 5.60. The number of aryl methyl sites for hydroxylation is 2. The fraction of sp³-hybridized carbons (Fsp3) is 0.250. The van der Waals surface area contributed by atoms with E-state index in [1.165, 1.54) is 6.07 Å². The number of halogens is 1. The van der Waals surface area contributed by atoms with E-state index in [1.54, 1.807) is 35.1 Å². The monoisotopic (exact) mass is 447 g/mol. The molecule has 0 unspecified atom stereocenters. The van der Waals surface area contributed by atoms with Crippen LogP contribution in [0.25, 0.3) is 22.8 Å². The number of nitrogens with zero attached hydrogens (tertiary/aromatic N) is 5. The van der Waals surface area contributed by atoms with Crippen molar-refractivity contribution in [1.82, 2.24) is 24.6 Å². The van der Waals surface area contributed by atoms with Crippen molar-refractivity contribution in [2.24, 2.45) is 0 Å². The molecule has 2 aromatic carbocycles. The fourth-order valence-corrected chi connectivity index (χ4v) is 4.92. The molecule has 1 aliphatic rings. The molecule has 6 nitrogen and oxygen atoms in total. The number of carbonyl (C=O) groups excluding carboxylic acids is 1. The molecule has 0 radical (unpaired) electrons. The van der Waals surface area contributed by atoms with Gasteiger partial charge in [0.1, 0.15) is 12.4 Å². The SMILES string of the molecule is Cc1nc2c(s1)CN(C(=O)Cn1nc(-c3ccc(F)c(C)c3)nc1-c1ccccc1)CC2. The van der Waals surface area contributed by atoms with E-state index < -0.39 is 0 Å². The van der Waals surface area contributed by atoms with Crippen LogP contribution >= 0.6 is 11.3 Å². The minimum Gasteiger partial charge on any atom is -0.335 e. The number of hydrogen-bond donors (Lipinski definition) is 0. The number of benzene rings is 2. The minimum atomic E-state index is -0.269. The molecule has 1 aliphatic heterocycles. The van der Waals surface area contributed by atoms with Crippen LogP contribution in [0.2, 0.25) is 0 Å². The van der Waals surface area contributed by atoms with Crippen LogP contribution in [0.15, 0.2) is 48.5 Å². The summed E-state index contributed by atoms with van der Waals surface area (Å²) in [5.74, 6) is 0.807. The van der Waals surface area contributed by atoms with Gasteiger partial charge in [-0.15, -0.1) is 16.4 Å². The quantitative estimate of drug-likeness (QED) is 0.465. The lowest BCUT2D eigenvalue weighted by molar-refractivity contribution is -0.132. The Labute approximate surface area is 189 Å². The first kappa shape index (κ1) is 20.5. The smallest absolute Gasteiger partial charge is 0.244 e. The standard InChI is InChI=1S/C24H22FN5OS/c1-15-12-18(8-9-19(15)25)23-27-24(17-6-4-3-5-7-17)30(28-23)14-22(31)29-11-10-20-21(13-29)32-16(2)26-20/h3-9,12H,10-11,13-14H2,1-2H3. The van der Waals surface area contributed by atoms with E-state index in [2.05, 4.69) is 10.1 Å². The van der Waals surface area contributed by atoms with Crippen LogP contribution in [0.4, 0.5) is 4.39 Å². The summed E-state index contributed by atoms with van der Waals surface area (Å²) in [5, 5.41) is 5.67. The third kappa shape index (κ3) is 3.93. The summed E-state index contributed by atoms with van der Waals surface area (Å²) in [5.41, 5.74) is 3.23. The number of aromatic nitrogens is 4. The third-order valence-corrected chi connectivity index (χ3v) is 6.59. The molecule has 8 heteroatoms. The molecule has 0 spiro atoms. The van der Waals surface area contributed by atoms with Gasteiger partial charge in [-0.3, -0.25) is 4.79 Å². The Bertz CT molecular complexity index is 1300. The Morgan fingerprint density at radius 2 is 1.91 bits per heavy atom. The van der Waals surface area contributed by atoms with Crippen LogP contribution in [0.1, 0.15) is 21.1 Å². The number of thiazole rings is 1. The molecule has 162 valence electrons. The van der Waals surface area contributed by atoms with Crippen LogP contribution in [0.3, 0.4) is 0 Å². The highest BCUT2D eigenvalue weighted by Gasteiger charge is 2.25. The van der Waals surface area contributed by atoms with Crippen LogP contribution < -0.4 is 0 Å². The first-order valence-corrected chi connectivity index (χ1v) is 11.3. The van der Waals surface area contributed by atoms with Crippen molar-refractivity contribution >= 4 is 17.2 Å². The van der Waals surface area contributed by atoms with E-state index in [1.807, 2.05) is 42.2 Å². The van der Waals surface area contributed by atoms with Crippen molar-refractivity contribution in [2.45, 2.75) is 33.4 Å². The van der Waals surface area contributed by atoms with Gasteiger partial charge in [0, 0.05) is 29.0 Å². The maximum atomic E-state index is 13.7. The van der Waals surface area contributed by atoms with E-state index >= 15 is 0 Å². The van der Waals surface area contributed by atoms with Gasteiger partial charge < -0.3 is 4.90 Å². The van der Waals surface area contributed by atoms with Gasteiger partial charge in [-0.05, 0) is 37.6 Å². The second-order valence-electron chi connectivity index (χ2n) is 7.91. The van der Waals surface area contributed by atoms with Crippen molar-refractivity contribution in [3.63, 3.8) is 0 Å². The molecule has 3 heterocycles. The first-order valence-electron chi connectivity index (χ1n) is 10.5. The van der Waals surface area contributed by atoms with Gasteiger partial charge in [-0.1, -0.05) is 30.3 Å². The average Bonchev–Trinajstić information content (AvgIpc) is 3.38. The Morgan fingerprint density at radius 1 is 1.09 bits per heavy atom. The van der Waals surface area contributed by atoms with Gasteiger partial charge in [0.15, 0.2) is 11.6 Å². The molecule has 0 N–H and O–H groups in total. The molecule has 2 aromatic heterocycles. The predicted molar refractivity (Wildman–Crippen MR) is 122 cm³/mol. The zero-order valence-electron chi connectivity index (χ0n) is 17.9. The zero-order valence-corrected chi connectivity index (χ0v) is 18.7. The Morgan fingerprint density at radius 3 is 2.69 bits per heavy atom. The molecule has 4 aromatic rings. The molecule has 0 aliphatic carbocycles. The molecule has 0 atom stereocenters. The summed E-state index contributed by atoms with van der Waals surface area (Å²) >= 11 is 1.65. The Balaban J connectivity index is 1.46. The molecule has 5 rings (SSSR count). The topological polar surface area (TPSA) is 63.9 Å². The van der Waals surface area contributed by atoms with Gasteiger partial charge in [-0.2, -0.15) is 0 Å². The maximum absolute atomic E-state index is 13.7. The molecule has 0 saturated carbocycles. The summed E-state index contributed by atoms with van der Waals surface area (Å²) in [7, 11) is 0. The van der Waals surface area contributed by atoms with E-state index in [9.17, 15) is 9.18 Å². The lowest BCUT2D eigenvalue weighted by Crippen LogP contribution is -2.37. The Kier molecular flexibility index (Phi) is 5.30. The first-order chi connectivity index (χ1) is 15.5. The average molecular weight is 448 g/mol. The lowest BCUT2D eigenvalue weighted by Gasteiger charge is -2.26. The van der Waals surface area contributed by atoms with Crippen molar-refractivity contribution < 1.29 is 9.18 Å². The van der Waals surface area contributed by atoms with E-state index in [-0.39, 0.29) is 18.3 Å². The summed E-state index contributed by atoms with van der Waals surface area (Å²) in [6.07, 6.45) is 0.772. The molecular weight excluding hydrogens is 425 g/mol. The van der Waals surface area contributed by atoms with Crippen molar-refractivity contribution in [3.05, 3.63) is 75.5 Å². The molecule has 32 heavy (non-hydrogen) atoms. The van der Waals surface area contributed by atoms with Gasteiger partial charge in [-0.25, -0.2) is 19.0 Å². The van der Waals surface area contributed by atoms with E-state index in [4.69, 9.17) is 4.98 Å². The molecule has 0 saturated heterocycles. The van der Waals surface area contributed by atoms with Gasteiger partial charge in [0.2, 0.25) is 5.91 Å². The number of carbonyl (C=O) groups is 1. The van der Waals surface area contributed by atoms with Crippen LogP contribution in [0.5, 0.6) is 0 Å². The van der Waals surface area contributed by atoms with Gasteiger partial charge in [0.05, 0.1) is 17.2 Å². The highest BCUT2D eigenvalue weighted by Crippen LogP contribution is 2.26. The number of hydrogen-bond acceptors (Lipinski definition) is 5. The van der Waals surface area contributed by atoms with E-state index in [0.29, 0.717) is 30.3 Å². The highest BCUT2D eigenvalue weighted by atomic mass is 32.1. The summed E-state index contributed by atoms with van der Waals surface area (Å²) < 4.78 is 15.4. The lowest BCUT2D eigenvalue weighted by atomic mass is 10.1. The van der Waals surface area contributed by atoms with Crippen molar-refractivity contribution in [1.29, 1.82) is 0 Å². The molecule has 0 fully saturated rings. The van der Waals surface area contributed by atoms with Crippen molar-refractivity contribution in [2.75, 3.05) is 6.54 Å². The second kappa shape index (κ2) is 8.27. The zero-order chi connectivity index (χ0) is 22.2. The van der Waals surface area contributed by atoms with Crippen LogP contribution in [0, 0.1) is 19.7 Å². The summed E-state index contributed by atoms with van der Waals surface area (Å²) in [4.78, 5) is 25.5. The molecule has 0 bridgehead atoms. The Hall–Kier alpha value is -3.39. The predicted octanol–water partition coefficient (Wildman–Crippen LogP) is 4.41. The second-order valence-corrected chi connectivity index (χ2v) is 9.20. The maximum Gasteiger partial charge on any atom is 0.244 e. The van der Waals surface area contributed by atoms with Crippen molar-refractivity contribution in [3.8, 4) is 22.8 Å².